The molecular formula is C15H12BrClFNO2. The molecule has 0 radical (unpaired) electrons. The Balaban J connectivity index is 2.00. The highest BCUT2D eigenvalue weighted by atomic mass is 79.9. The number of amides is 1. The van der Waals surface area contributed by atoms with Gasteiger partial charge in [-0.25, -0.2) is 4.39 Å². The summed E-state index contributed by atoms with van der Waals surface area (Å²) in [4.78, 5) is 12.0. The summed E-state index contributed by atoms with van der Waals surface area (Å²) in [6.07, 6.45) is -0.763. The monoisotopic (exact) mass is 371 g/mol. The Bertz CT molecular complexity index is 649. The Kier molecular flexibility index (Phi) is 5.20. The molecule has 110 valence electrons. The number of carbonyl (C=O) groups is 1. The SMILES string of the molecule is C[C@@H](Oc1ccc(Br)cc1)C(=O)Nc1ccc(Cl)cc1F. The van der Waals surface area contributed by atoms with Gasteiger partial charge >= 0.3 is 0 Å². The molecule has 2 rings (SSSR count). The van der Waals surface area contributed by atoms with Crippen LogP contribution in [0.15, 0.2) is 46.9 Å². The number of benzene rings is 2. The summed E-state index contributed by atoms with van der Waals surface area (Å²) in [6, 6.07) is 11.1. The van der Waals surface area contributed by atoms with E-state index in [0.717, 1.165) is 10.5 Å². The smallest absolute Gasteiger partial charge is 0.265 e. The average molecular weight is 373 g/mol. The fraction of sp³-hybridized carbons (Fsp3) is 0.133. The van der Waals surface area contributed by atoms with Crippen molar-refractivity contribution in [1.29, 1.82) is 0 Å². The lowest BCUT2D eigenvalue weighted by Crippen LogP contribution is -2.30. The van der Waals surface area contributed by atoms with Crippen LogP contribution in [0.2, 0.25) is 5.02 Å². The summed E-state index contributed by atoms with van der Waals surface area (Å²) in [6.45, 7) is 1.59. The Labute approximate surface area is 135 Å². The second-order valence-corrected chi connectivity index (χ2v) is 5.68. The Morgan fingerprint density at radius 3 is 2.57 bits per heavy atom. The molecule has 1 atom stereocenters. The molecule has 3 nitrogen and oxygen atoms in total. The summed E-state index contributed by atoms with van der Waals surface area (Å²) in [5.41, 5.74) is 0.0654. The van der Waals surface area contributed by atoms with Crippen molar-refractivity contribution in [2.45, 2.75) is 13.0 Å². The quantitative estimate of drug-likeness (QED) is 0.848. The van der Waals surface area contributed by atoms with Gasteiger partial charge in [-0.05, 0) is 49.4 Å². The molecule has 0 spiro atoms. The Morgan fingerprint density at radius 2 is 1.95 bits per heavy atom. The zero-order valence-corrected chi connectivity index (χ0v) is 13.4. The van der Waals surface area contributed by atoms with Crippen molar-refractivity contribution < 1.29 is 13.9 Å². The molecule has 0 saturated heterocycles. The molecule has 0 aliphatic carbocycles. The lowest BCUT2D eigenvalue weighted by molar-refractivity contribution is -0.122. The molecular weight excluding hydrogens is 361 g/mol. The molecule has 0 aromatic heterocycles. The van der Waals surface area contributed by atoms with Crippen LogP contribution in [0.3, 0.4) is 0 Å². The summed E-state index contributed by atoms with van der Waals surface area (Å²) in [5, 5.41) is 2.73. The van der Waals surface area contributed by atoms with Crippen LogP contribution in [0.25, 0.3) is 0 Å². The van der Waals surface area contributed by atoms with E-state index in [1.165, 1.54) is 12.1 Å². The second kappa shape index (κ2) is 6.91. The normalized spacial score (nSPS) is 11.8. The van der Waals surface area contributed by atoms with E-state index < -0.39 is 17.8 Å². The fourth-order valence-electron chi connectivity index (χ4n) is 1.60. The molecule has 21 heavy (non-hydrogen) atoms. The van der Waals surface area contributed by atoms with Crippen molar-refractivity contribution in [3.8, 4) is 5.75 Å². The number of hydrogen-bond donors (Lipinski definition) is 1. The molecule has 6 heteroatoms. The van der Waals surface area contributed by atoms with Crippen molar-refractivity contribution in [3.05, 3.63) is 57.8 Å². The minimum absolute atomic E-state index is 0.0654. The van der Waals surface area contributed by atoms with Crippen LogP contribution in [-0.2, 0) is 4.79 Å². The van der Waals surface area contributed by atoms with E-state index in [4.69, 9.17) is 16.3 Å². The molecule has 0 bridgehead atoms. The van der Waals surface area contributed by atoms with Crippen LogP contribution in [-0.4, -0.2) is 12.0 Å². The number of ether oxygens (including phenoxy) is 1. The van der Waals surface area contributed by atoms with E-state index in [-0.39, 0.29) is 10.7 Å². The maximum atomic E-state index is 13.6. The molecule has 0 fully saturated rings. The number of rotatable bonds is 4. The van der Waals surface area contributed by atoms with Gasteiger partial charge in [0, 0.05) is 9.50 Å². The average Bonchev–Trinajstić information content (AvgIpc) is 2.44. The van der Waals surface area contributed by atoms with Crippen molar-refractivity contribution in [3.63, 3.8) is 0 Å². The van der Waals surface area contributed by atoms with Gasteiger partial charge in [0.05, 0.1) is 5.69 Å². The zero-order chi connectivity index (χ0) is 15.4. The minimum Gasteiger partial charge on any atom is -0.481 e. The van der Waals surface area contributed by atoms with Gasteiger partial charge in [-0.1, -0.05) is 27.5 Å². The van der Waals surface area contributed by atoms with Gasteiger partial charge in [-0.3, -0.25) is 4.79 Å². The predicted octanol–water partition coefficient (Wildman–Crippen LogP) is 4.65. The van der Waals surface area contributed by atoms with Gasteiger partial charge in [0.1, 0.15) is 11.6 Å². The molecule has 2 aromatic rings. The molecule has 1 N–H and O–H groups in total. The van der Waals surface area contributed by atoms with Gasteiger partial charge < -0.3 is 10.1 Å². The number of hydrogen-bond acceptors (Lipinski definition) is 2. The highest BCUT2D eigenvalue weighted by Crippen LogP contribution is 2.20. The number of halogens is 3. The van der Waals surface area contributed by atoms with Crippen LogP contribution in [0.5, 0.6) is 5.75 Å². The van der Waals surface area contributed by atoms with Crippen molar-refractivity contribution >= 4 is 39.1 Å². The van der Waals surface area contributed by atoms with Crippen molar-refractivity contribution in [1.82, 2.24) is 0 Å². The number of anilines is 1. The van der Waals surface area contributed by atoms with Gasteiger partial charge in [-0.2, -0.15) is 0 Å². The molecule has 2 aromatic carbocycles. The third-order valence-electron chi connectivity index (χ3n) is 2.68. The maximum absolute atomic E-state index is 13.6. The summed E-state index contributed by atoms with van der Waals surface area (Å²) >= 11 is 8.97. The maximum Gasteiger partial charge on any atom is 0.265 e. The van der Waals surface area contributed by atoms with Crippen LogP contribution < -0.4 is 10.1 Å². The van der Waals surface area contributed by atoms with Crippen molar-refractivity contribution in [2.75, 3.05) is 5.32 Å². The minimum atomic E-state index is -0.763. The number of nitrogens with one attached hydrogen (secondary N) is 1. The van der Waals surface area contributed by atoms with Gasteiger partial charge in [0.15, 0.2) is 6.10 Å². The summed E-state index contributed by atoms with van der Waals surface area (Å²) < 4.78 is 20.0. The molecule has 0 saturated carbocycles. The predicted molar refractivity (Wildman–Crippen MR) is 84.3 cm³/mol. The molecule has 1 amide bonds. The summed E-state index contributed by atoms with van der Waals surface area (Å²) in [5.74, 6) is -0.483. The standard InChI is InChI=1S/C15H12BrClFNO2/c1-9(21-12-5-2-10(16)3-6-12)15(20)19-14-7-4-11(17)8-13(14)18/h2-9H,1H3,(H,19,20)/t9-/m1/s1. The largest absolute Gasteiger partial charge is 0.481 e. The van der Waals surface area contributed by atoms with Crippen LogP contribution >= 0.6 is 27.5 Å². The lowest BCUT2D eigenvalue weighted by Gasteiger charge is -2.15. The van der Waals surface area contributed by atoms with Crippen molar-refractivity contribution in [2.24, 2.45) is 0 Å². The van der Waals surface area contributed by atoms with Crippen LogP contribution in [0.4, 0.5) is 10.1 Å². The first-order valence-electron chi connectivity index (χ1n) is 6.14. The second-order valence-electron chi connectivity index (χ2n) is 4.33. The van der Waals surface area contributed by atoms with E-state index in [0.29, 0.717) is 5.75 Å². The van der Waals surface area contributed by atoms with Crippen LogP contribution in [0.1, 0.15) is 6.92 Å². The number of carbonyl (C=O) groups excluding carboxylic acids is 1. The fourth-order valence-corrected chi connectivity index (χ4v) is 2.02. The van der Waals surface area contributed by atoms with Gasteiger partial charge in [0.25, 0.3) is 5.91 Å². The molecule has 0 aliphatic rings. The van der Waals surface area contributed by atoms with E-state index in [1.54, 1.807) is 31.2 Å². The first-order valence-corrected chi connectivity index (χ1v) is 7.31. The molecule has 0 heterocycles. The highest BCUT2D eigenvalue weighted by Gasteiger charge is 2.16. The van der Waals surface area contributed by atoms with E-state index >= 15 is 0 Å². The first kappa shape index (κ1) is 15.8. The molecule has 0 unspecified atom stereocenters. The highest BCUT2D eigenvalue weighted by molar-refractivity contribution is 9.10. The third kappa shape index (κ3) is 4.44. The first-order chi connectivity index (χ1) is 9.95. The molecule has 0 aliphatic heterocycles. The Morgan fingerprint density at radius 1 is 1.29 bits per heavy atom. The summed E-state index contributed by atoms with van der Waals surface area (Å²) in [7, 11) is 0. The third-order valence-corrected chi connectivity index (χ3v) is 3.45. The van der Waals surface area contributed by atoms with E-state index in [1.807, 2.05) is 0 Å². The van der Waals surface area contributed by atoms with Gasteiger partial charge in [0.2, 0.25) is 0 Å². The van der Waals surface area contributed by atoms with E-state index in [9.17, 15) is 9.18 Å². The zero-order valence-electron chi connectivity index (χ0n) is 11.1. The van der Waals surface area contributed by atoms with Gasteiger partial charge in [-0.15, -0.1) is 0 Å². The lowest BCUT2D eigenvalue weighted by atomic mass is 10.2. The topological polar surface area (TPSA) is 38.3 Å². The Hall–Kier alpha value is -1.59. The van der Waals surface area contributed by atoms with E-state index in [2.05, 4.69) is 21.2 Å². The van der Waals surface area contributed by atoms with Crippen LogP contribution in [0, 0.1) is 5.82 Å².